The summed E-state index contributed by atoms with van der Waals surface area (Å²) in [5.74, 6) is -1.04. The van der Waals surface area contributed by atoms with E-state index in [1.807, 2.05) is 7.05 Å². The molecule has 1 atom stereocenters. The van der Waals surface area contributed by atoms with Gasteiger partial charge in [-0.3, -0.25) is 4.79 Å². The summed E-state index contributed by atoms with van der Waals surface area (Å²) in [4.78, 5) is 23.9. The summed E-state index contributed by atoms with van der Waals surface area (Å²) in [6.45, 7) is 7.07. The van der Waals surface area contributed by atoms with Gasteiger partial charge in [-0.15, -0.1) is 0 Å². The maximum Gasteiger partial charge on any atom is 0.325 e. The van der Waals surface area contributed by atoms with E-state index in [2.05, 4.69) is 29.4 Å². The molecule has 6 nitrogen and oxygen atoms in total. The van der Waals surface area contributed by atoms with E-state index in [-0.39, 0.29) is 0 Å². The van der Waals surface area contributed by atoms with Crippen molar-refractivity contribution >= 4 is 12.0 Å². The molecule has 0 saturated heterocycles. The Morgan fingerprint density at radius 1 is 1.29 bits per heavy atom. The van der Waals surface area contributed by atoms with Crippen LogP contribution < -0.4 is 10.6 Å². The minimum atomic E-state index is -1.04. The maximum atomic E-state index is 11.2. The molecule has 1 unspecified atom stereocenters. The average Bonchev–Trinajstić information content (AvgIpc) is 2.23. The van der Waals surface area contributed by atoms with Crippen molar-refractivity contribution in [2.24, 2.45) is 0 Å². The highest BCUT2D eigenvalue weighted by Crippen LogP contribution is 1.94. The number of nitrogens with one attached hydrogen (secondary N) is 2. The van der Waals surface area contributed by atoms with Crippen molar-refractivity contribution in [3.63, 3.8) is 0 Å². The normalized spacial score (nSPS) is 12.6. The molecule has 0 aromatic carbocycles. The lowest BCUT2D eigenvalue weighted by molar-refractivity contribution is -0.138. The molecule has 0 aliphatic heterocycles. The largest absolute Gasteiger partial charge is 0.480 e. The Kier molecular flexibility index (Phi) is 7.29. The molecule has 6 heteroatoms. The Morgan fingerprint density at radius 2 is 1.88 bits per heavy atom. The van der Waals surface area contributed by atoms with Crippen LogP contribution in [-0.4, -0.2) is 54.2 Å². The van der Waals surface area contributed by atoms with Crippen LogP contribution in [0.15, 0.2) is 0 Å². The molecule has 3 N–H and O–H groups in total. The topological polar surface area (TPSA) is 81.7 Å². The minimum absolute atomic E-state index is 0.438. The quantitative estimate of drug-likeness (QED) is 0.570. The van der Waals surface area contributed by atoms with Gasteiger partial charge < -0.3 is 20.6 Å². The van der Waals surface area contributed by atoms with Crippen LogP contribution in [0.2, 0.25) is 0 Å². The second-order valence-electron chi connectivity index (χ2n) is 4.39. The van der Waals surface area contributed by atoms with Gasteiger partial charge in [-0.1, -0.05) is 0 Å². The number of aliphatic carboxylic acids is 1. The number of carbonyl (C=O) groups excluding carboxylic acids is 1. The number of amides is 2. The molecule has 0 aliphatic rings. The van der Waals surface area contributed by atoms with Crippen LogP contribution in [0.1, 0.15) is 27.2 Å². The highest BCUT2D eigenvalue weighted by atomic mass is 16.4. The van der Waals surface area contributed by atoms with Crippen LogP contribution >= 0.6 is 0 Å². The van der Waals surface area contributed by atoms with Crippen LogP contribution in [0.25, 0.3) is 0 Å². The average molecular weight is 245 g/mol. The van der Waals surface area contributed by atoms with Crippen molar-refractivity contribution in [2.75, 3.05) is 20.1 Å². The highest BCUT2D eigenvalue weighted by Gasteiger charge is 2.13. The van der Waals surface area contributed by atoms with Crippen molar-refractivity contribution in [3.8, 4) is 0 Å². The van der Waals surface area contributed by atoms with Gasteiger partial charge in [-0.2, -0.15) is 0 Å². The first-order valence-electron chi connectivity index (χ1n) is 5.82. The van der Waals surface area contributed by atoms with E-state index in [0.717, 1.165) is 13.0 Å². The molecule has 0 fully saturated rings. The van der Waals surface area contributed by atoms with Gasteiger partial charge in [0.2, 0.25) is 0 Å². The van der Waals surface area contributed by atoms with Gasteiger partial charge in [0.05, 0.1) is 0 Å². The maximum absolute atomic E-state index is 11.2. The SMILES string of the molecule is CC(NC(=O)NCCCN(C)C(C)C)C(=O)O. The third-order valence-electron chi connectivity index (χ3n) is 2.57. The zero-order chi connectivity index (χ0) is 13.4. The number of nitrogens with zero attached hydrogens (tertiary/aromatic N) is 1. The van der Waals surface area contributed by atoms with E-state index < -0.39 is 18.0 Å². The molecule has 0 spiro atoms. The monoisotopic (exact) mass is 245 g/mol. The fourth-order valence-corrected chi connectivity index (χ4v) is 1.10. The van der Waals surface area contributed by atoms with Crippen molar-refractivity contribution in [1.82, 2.24) is 15.5 Å². The number of carbonyl (C=O) groups is 2. The molecule has 0 aliphatic carbocycles. The molecule has 100 valence electrons. The number of urea groups is 1. The number of hydrogen-bond acceptors (Lipinski definition) is 3. The number of hydrogen-bond donors (Lipinski definition) is 3. The fourth-order valence-electron chi connectivity index (χ4n) is 1.10. The summed E-state index contributed by atoms with van der Waals surface area (Å²) >= 11 is 0. The minimum Gasteiger partial charge on any atom is -0.480 e. The van der Waals surface area contributed by atoms with Gasteiger partial charge in [0.15, 0.2) is 0 Å². The smallest absolute Gasteiger partial charge is 0.325 e. The van der Waals surface area contributed by atoms with Crippen molar-refractivity contribution in [3.05, 3.63) is 0 Å². The van der Waals surface area contributed by atoms with Gasteiger partial charge in [-0.05, 0) is 40.8 Å². The van der Waals surface area contributed by atoms with Gasteiger partial charge >= 0.3 is 12.0 Å². The summed E-state index contributed by atoms with van der Waals surface area (Å²) in [6, 6.07) is -0.823. The first kappa shape index (κ1) is 15.7. The molecule has 0 saturated carbocycles. The van der Waals surface area contributed by atoms with E-state index in [0.29, 0.717) is 12.6 Å². The van der Waals surface area contributed by atoms with E-state index in [9.17, 15) is 9.59 Å². The third kappa shape index (κ3) is 7.57. The Morgan fingerprint density at radius 3 is 2.35 bits per heavy atom. The first-order valence-corrected chi connectivity index (χ1v) is 5.82. The Labute approximate surface area is 102 Å². The molecule has 0 heterocycles. The standard InChI is InChI=1S/C11H23N3O3/c1-8(2)14(4)7-5-6-12-11(17)13-9(3)10(15)16/h8-9H,5-7H2,1-4H3,(H,15,16)(H2,12,13,17). The summed E-state index contributed by atoms with van der Waals surface area (Å²) in [5, 5.41) is 13.5. The molecule has 0 rings (SSSR count). The summed E-state index contributed by atoms with van der Waals surface area (Å²) in [7, 11) is 2.03. The summed E-state index contributed by atoms with van der Waals surface area (Å²) in [6.07, 6.45) is 0.837. The molecule has 0 radical (unpaired) electrons. The predicted octanol–water partition coefficient (Wildman–Crippen LogP) is 0.489. The Balaban J connectivity index is 3.62. The Hall–Kier alpha value is -1.30. The highest BCUT2D eigenvalue weighted by molar-refractivity contribution is 5.82. The second-order valence-corrected chi connectivity index (χ2v) is 4.39. The van der Waals surface area contributed by atoms with E-state index in [1.54, 1.807) is 0 Å². The Bertz CT molecular complexity index is 256. The van der Waals surface area contributed by atoms with Gasteiger partial charge in [0.25, 0.3) is 0 Å². The first-order chi connectivity index (χ1) is 7.84. The molecular weight excluding hydrogens is 222 g/mol. The van der Waals surface area contributed by atoms with Crippen molar-refractivity contribution in [2.45, 2.75) is 39.3 Å². The molecule has 2 amide bonds. The molecule has 17 heavy (non-hydrogen) atoms. The van der Waals surface area contributed by atoms with Crippen molar-refractivity contribution < 1.29 is 14.7 Å². The molecule has 0 aromatic rings. The third-order valence-corrected chi connectivity index (χ3v) is 2.57. The lowest BCUT2D eigenvalue weighted by Gasteiger charge is -2.20. The van der Waals surface area contributed by atoms with Crippen LogP contribution in [-0.2, 0) is 4.79 Å². The van der Waals surface area contributed by atoms with Crippen LogP contribution in [0.4, 0.5) is 4.79 Å². The zero-order valence-electron chi connectivity index (χ0n) is 11.0. The second kappa shape index (κ2) is 7.89. The number of carboxylic acid groups (broad SMARTS) is 1. The summed E-state index contributed by atoms with van der Waals surface area (Å²) in [5.41, 5.74) is 0. The number of carboxylic acids is 1. The van der Waals surface area contributed by atoms with Gasteiger partial charge in [-0.25, -0.2) is 4.79 Å². The van der Waals surface area contributed by atoms with Gasteiger partial charge in [0, 0.05) is 12.6 Å². The van der Waals surface area contributed by atoms with E-state index in [4.69, 9.17) is 5.11 Å². The van der Waals surface area contributed by atoms with E-state index >= 15 is 0 Å². The predicted molar refractivity (Wildman–Crippen MR) is 66.0 cm³/mol. The lowest BCUT2D eigenvalue weighted by Crippen LogP contribution is -2.45. The zero-order valence-corrected chi connectivity index (χ0v) is 11.0. The lowest BCUT2D eigenvalue weighted by atomic mass is 10.3. The molecular formula is C11H23N3O3. The van der Waals surface area contributed by atoms with Crippen LogP contribution in [0.5, 0.6) is 0 Å². The summed E-state index contributed by atoms with van der Waals surface area (Å²) < 4.78 is 0. The van der Waals surface area contributed by atoms with Crippen LogP contribution in [0, 0.1) is 0 Å². The fraction of sp³-hybridized carbons (Fsp3) is 0.818. The van der Waals surface area contributed by atoms with Crippen LogP contribution in [0.3, 0.4) is 0 Å². The van der Waals surface area contributed by atoms with Crippen molar-refractivity contribution in [1.29, 1.82) is 0 Å². The van der Waals surface area contributed by atoms with E-state index in [1.165, 1.54) is 6.92 Å². The molecule has 0 aromatic heterocycles. The number of rotatable bonds is 7. The molecule has 0 bridgehead atoms. The van der Waals surface area contributed by atoms with Gasteiger partial charge in [0.1, 0.15) is 6.04 Å².